The summed E-state index contributed by atoms with van der Waals surface area (Å²) in [6, 6.07) is 12.1. The van der Waals surface area contributed by atoms with E-state index in [0.717, 1.165) is 11.1 Å². The maximum absolute atomic E-state index is 8.65. The third kappa shape index (κ3) is 4.88. The van der Waals surface area contributed by atoms with E-state index in [1.165, 1.54) is 4.88 Å². The number of rotatable bonds is 5. The van der Waals surface area contributed by atoms with Gasteiger partial charge in [-0.05, 0) is 29.1 Å². The van der Waals surface area contributed by atoms with Crippen LogP contribution in [0, 0.1) is 11.8 Å². The Kier molecular flexibility index (Phi) is 5.64. The third-order valence-electron chi connectivity index (χ3n) is 2.52. The first kappa shape index (κ1) is 13.8. The quantitative estimate of drug-likeness (QED) is 0.847. The molecule has 19 heavy (non-hydrogen) atoms. The Bertz CT molecular complexity index is 532. The van der Waals surface area contributed by atoms with Crippen LogP contribution >= 0.6 is 11.3 Å². The van der Waals surface area contributed by atoms with Gasteiger partial charge in [-0.3, -0.25) is 0 Å². The average Bonchev–Trinajstić information content (AvgIpc) is 2.94. The lowest BCUT2D eigenvalue weighted by Gasteiger charge is -2.03. The number of ether oxygens (including phenoxy) is 1. The number of hydrogen-bond donors (Lipinski definition) is 1. The second-order valence-electron chi connectivity index (χ2n) is 4.04. The highest BCUT2D eigenvalue weighted by Gasteiger charge is 1.96. The van der Waals surface area contributed by atoms with Crippen LogP contribution in [-0.4, -0.2) is 11.7 Å². The molecule has 0 saturated carbocycles. The van der Waals surface area contributed by atoms with Crippen molar-refractivity contribution in [2.24, 2.45) is 0 Å². The highest BCUT2D eigenvalue weighted by atomic mass is 32.1. The fraction of sp³-hybridized carbons (Fsp3) is 0.250. The Hall–Kier alpha value is -1.60. The van der Waals surface area contributed by atoms with Crippen LogP contribution in [0.2, 0.25) is 0 Å². The first-order valence-corrected chi connectivity index (χ1v) is 7.05. The summed E-state index contributed by atoms with van der Waals surface area (Å²) < 4.78 is 5.64. The Morgan fingerprint density at radius 1 is 1.11 bits per heavy atom. The molecule has 1 aromatic heterocycles. The molecule has 1 aromatic carbocycles. The van der Waals surface area contributed by atoms with Crippen molar-refractivity contribution in [2.45, 2.75) is 19.6 Å². The topological polar surface area (TPSA) is 29.5 Å². The van der Waals surface area contributed by atoms with Crippen LogP contribution in [0.4, 0.5) is 0 Å². The molecule has 1 N–H and O–H groups in total. The van der Waals surface area contributed by atoms with Crippen LogP contribution in [-0.2, 0) is 18.0 Å². The van der Waals surface area contributed by atoms with Crippen LogP contribution < -0.4 is 0 Å². The standard InChI is InChI=1S/C16H16O2S/c17-10-2-1-4-14-6-8-15(9-7-14)12-18-13-16-5-3-11-19-16/h3,5-9,11,17H,2,10,12-13H2. The molecule has 0 aliphatic rings. The van der Waals surface area contributed by atoms with Gasteiger partial charge in [-0.2, -0.15) is 0 Å². The highest BCUT2D eigenvalue weighted by molar-refractivity contribution is 7.09. The summed E-state index contributed by atoms with van der Waals surface area (Å²) in [7, 11) is 0. The summed E-state index contributed by atoms with van der Waals surface area (Å²) in [5.74, 6) is 5.90. The lowest BCUT2D eigenvalue weighted by molar-refractivity contribution is 0.109. The number of thiophene rings is 1. The monoisotopic (exact) mass is 272 g/mol. The average molecular weight is 272 g/mol. The predicted octanol–water partition coefficient (Wildman–Crippen LogP) is 3.20. The van der Waals surface area contributed by atoms with Gasteiger partial charge in [0, 0.05) is 16.9 Å². The van der Waals surface area contributed by atoms with Crippen LogP contribution in [0.1, 0.15) is 22.4 Å². The molecule has 0 spiro atoms. The second-order valence-corrected chi connectivity index (χ2v) is 5.08. The zero-order valence-corrected chi connectivity index (χ0v) is 11.5. The van der Waals surface area contributed by atoms with Crippen molar-refractivity contribution in [1.82, 2.24) is 0 Å². The molecule has 2 aromatic rings. The maximum atomic E-state index is 8.65. The van der Waals surface area contributed by atoms with Crippen molar-refractivity contribution in [3.63, 3.8) is 0 Å². The molecule has 2 rings (SSSR count). The Morgan fingerprint density at radius 2 is 1.95 bits per heavy atom. The number of hydrogen-bond acceptors (Lipinski definition) is 3. The van der Waals surface area contributed by atoms with Crippen molar-refractivity contribution < 1.29 is 9.84 Å². The van der Waals surface area contributed by atoms with Crippen LogP contribution in [0.25, 0.3) is 0 Å². The molecule has 0 amide bonds. The maximum Gasteiger partial charge on any atom is 0.0813 e. The zero-order chi connectivity index (χ0) is 13.3. The smallest absolute Gasteiger partial charge is 0.0813 e. The van der Waals surface area contributed by atoms with E-state index in [1.807, 2.05) is 30.3 Å². The van der Waals surface area contributed by atoms with Gasteiger partial charge in [0.15, 0.2) is 0 Å². The van der Waals surface area contributed by atoms with Crippen molar-refractivity contribution in [3.05, 3.63) is 57.8 Å². The second kappa shape index (κ2) is 7.75. The lowest BCUT2D eigenvalue weighted by Crippen LogP contribution is -1.92. The van der Waals surface area contributed by atoms with Crippen LogP contribution in [0.3, 0.4) is 0 Å². The Labute approximate surface area is 117 Å². The van der Waals surface area contributed by atoms with Crippen molar-refractivity contribution in [2.75, 3.05) is 6.61 Å². The number of aliphatic hydroxyl groups excluding tert-OH is 1. The van der Waals surface area contributed by atoms with E-state index in [0.29, 0.717) is 19.6 Å². The molecular formula is C16H16O2S. The summed E-state index contributed by atoms with van der Waals surface area (Å²) in [6.07, 6.45) is 0.520. The van der Waals surface area contributed by atoms with Gasteiger partial charge in [-0.25, -0.2) is 0 Å². The first-order chi connectivity index (χ1) is 9.38. The summed E-state index contributed by atoms with van der Waals surface area (Å²) >= 11 is 1.71. The minimum Gasteiger partial charge on any atom is -0.395 e. The zero-order valence-electron chi connectivity index (χ0n) is 10.6. The van der Waals surface area contributed by atoms with Crippen LogP contribution in [0.15, 0.2) is 41.8 Å². The van der Waals surface area contributed by atoms with Gasteiger partial charge in [0.2, 0.25) is 0 Å². The molecule has 3 heteroatoms. The van der Waals surface area contributed by atoms with E-state index < -0.39 is 0 Å². The Balaban J connectivity index is 1.80. The van der Waals surface area contributed by atoms with Gasteiger partial charge in [0.05, 0.1) is 19.8 Å². The van der Waals surface area contributed by atoms with E-state index >= 15 is 0 Å². The SMILES string of the molecule is OCCC#Cc1ccc(COCc2cccs2)cc1. The van der Waals surface area contributed by atoms with Gasteiger partial charge in [0.1, 0.15) is 0 Å². The first-order valence-electron chi connectivity index (χ1n) is 6.17. The van der Waals surface area contributed by atoms with Gasteiger partial charge < -0.3 is 9.84 Å². The highest BCUT2D eigenvalue weighted by Crippen LogP contribution is 2.11. The fourth-order valence-electron chi connectivity index (χ4n) is 1.57. The molecule has 98 valence electrons. The molecule has 0 fully saturated rings. The molecule has 0 radical (unpaired) electrons. The number of aliphatic hydroxyl groups is 1. The van der Waals surface area contributed by atoms with Gasteiger partial charge in [-0.1, -0.05) is 30.0 Å². The van der Waals surface area contributed by atoms with E-state index in [2.05, 4.69) is 23.3 Å². The molecule has 0 aliphatic heterocycles. The summed E-state index contributed by atoms with van der Waals surface area (Å²) in [4.78, 5) is 1.24. The summed E-state index contributed by atoms with van der Waals surface area (Å²) in [5.41, 5.74) is 2.11. The fourth-order valence-corrected chi connectivity index (χ4v) is 2.21. The van der Waals surface area contributed by atoms with E-state index in [-0.39, 0.29) is 6.61 Å². The van der Waals surface area contributed by atoms with Crippen molar-refractivity contribution in [3.8, 4) is 11.8 Å². The summed E-state index contributed by atoms with van der Waals surface area (Å²) in [5, 5.41) is 10.7. The Morgan fingerprint density at radius 3 is 2.63 bits per heavy atom. The summed E-state index contributed by atoms with van der Waals surface area (Å²) in [6.45, 7) is 1.39. The third-order valence-corrected chi connectivity index (χ3v) is 3.37. The molecule has 2 nitrogen and oxygen atoms in total. The number of benzene rings is 1. The van der Waals surface area contributed by atoms with Gasteiger partial charge in [0.25, 0.3) is 0 Å². The molecular weight excluding hydrogens is 256 g/mol. The molecule has 0 saturated heterocycles. The molecule has 0 aliphatic carbocycles. The minimum atomic E-state index is 0.113. The largest absolute Gasteiger partial charge is 0.395 e. The van der Waals surface area contributed by atoms with E-state index in [9.17, 15) is 0 Å². The minimum absolute atomic E-state index is 0.113. The molecule has 0 bridgehead atoms. The van der Waals surface area contributed by atoms with Gasteiger partial charge >= 0.3 is 0 Å². The predicted molar refractivity (Wildman–Crippen MR) is 77.8 cm³/mol. The molecule has 0 atom stereocenters. The van der Waals surface area contributed by atoms with Crippen molar-refractivity contribution in [1.29, 1.82) is 0 Å². The normalized spacial score (nSPS) is 9.95. The van der Waals surface area contributed by atoms with Crippen molar-refractivity contribution >= 4 is 11.3 Å². The van der Waals surface area contributed by atoms with Gasteiger partial charge in [-0.15, -0.1) is 11.3 Å². The van der Waals surface area contributed by atoms with Crippen LogP contribution in [0.5, 0.6) is 0 Å². The molecule has 1 heterocycles. The lowest BCUT2D eigenvalue weighted by atomic mass is 10.1. The van der Waals surface area contributed by atoms with E-state index in [1.54, 1.807) is 11.3 Å². The van der Waals surface area contributed by atoms with E-state index in [4.69, 9.17) is 9.84 Å². The molecule has 0 unspecified atom stereocenters.